The van der Waals surface area contributed by atoms with Gasteiger partial charge in [-0.2, -0.15) is 0 Å². The Kier molecular flexibility index (Phi) is 3.58. The molecule has 0 spiro atoms. The summed E-state index contributed by atoms with van der Waals surface area (Å²) in [6, 6.07) is 3.78. The van der Waals surface area contributed by atoms with E-state index in [1.807, 2.05) is 18.3 Å². The van der Waals surface area contributed by atoms with Gasteiger partial charge in [0, 0.05) is 17.9 Å². The van der Waals surface area contributed by atoms with Crippen molar-refractivity contribution in [2.45, 2.75) is 13.0 Å². The molecule has 2 aromatic heterocycles. The molecule has 15 heavy (non-hydrogen) atoms. The Balaban J connectivity index is 2.04. The Bertz CT molecular complexity index is 438. The lowest BCUT2D eigenvalue weighted by Crippen LogP contribution is -1.98. The highest BCUT2D eigenvalue weighted by molar-refractivity contribution is 9.10. The van der Waals surface area contributed by atoms with Crippen molar-refractivity contribution >= 4 is 31.9 Å². The standard InChI is InChI=1S/C9H9Br2N3O/c10-4-3-7-5-14(13-12-7)6-8-1-2-9(11)15-8/h1-2,5H,3-4,6H2. The zero-order chi connectivity index (χ0) is 10.7. The molecule has 0 radical (unpaired) electrons. The van der Waals surface area contributed by atoms with Gasteiger partial charge in [-0.3, -0.25) is 0 Å². The molecule has 0 aliphatic rings. The minimum absolute atomic E-state index is 0.612. The van der Waals surface area contributed by atoms with E-state index >= 15 is 0 Å². The average Bonchev–Trinajstić information content (AvgIpc) is 2.78. The summed E-state index contributed by atoms with van der Waals surface area (Å²) in [6.07, 6.45) is 2.82. The molecule has 0 fully saturated rings. The summed E-state index contributed by atoms with van der Waals surface area (Å²) in [4.78, 5) is 0. The Labute approximate surface area is 104 Å². The Hall–Kier alpha value is -0.620. The maximum Gasteiger partial charge on any atom is 0.169 e. The lowest BCUT2D eigenvalue weighted by Gasteiger charge is -1.94. The van der Waals surface area contributed by atoms with Gasteiger partial charge in [0.05, 0.1) is 5.69 Å². The van der Waals surface area contributed by atoms with E-state index in [4.69, 9.17) is 4.42 Å². The number of nitrogens with zero attached hydrogens (tertiary/aromatic N) is 3. The molecule has 0 unspecified atom stereocenters. The van der Waals surface area contributed by atoms with Crippen LogP contribution in [0.2, 0.25) is 0 Å². The second-order valence-corrected chi connectivity index (χ2v) is 4.63. The molecular formula is C9H9Br2N3O. The Morgan fingerprint density at radius 1 is 1.40 bits per heavy atom. The molecule has 0 N–H and O–H groups in total. The first-order valence-corrected chi connectivity index (χ1v) is 6.38. The third kappa shape index (κ3) is 2.92. The summed E-state index contributed by atoms with van der Waals surface area (Å²) in [7, 11) is 0. The number of hydrogen-bond donors (Lipinski definition) is 0. The zero-order valence-corrected chi connectivity index (χ0v) is 11.0. The molecule has 0 aliphatic heterocycles. The van der Waals surface area contributed by atoms with Gasteiger partial charge >= 0.3 is 0 Å². The first kappa shape index (κ1) is 10.9. The largest absolute Gasteiger partial charge is 0.452 e. The van der Waals surface area contributed by atoms with Gasteiger partial charge in [-0.05, 0) is 28.1 Å². The molecule has 0 saturated carbocycles. The van der Waals surface area contributed by atoms with Gasteiger partial charge in [-0.15, -0.1) is 5.10 Å². The molecule has 6 heteroatoms. The number of aryl methyl sites for hydroxylation is 1. The fourth-order valence-electron chi connectivity index (χ4n) is 1.22. The van der Waals surface area contributed by atoms with Crippen molar-refractivity contribution in [3.8, 4) is 0 Å². The number of hydrogen-bond acceptors (Lipinski definition) is 3. The minimum atomic E-state index is 0.612. The van der Waals surface area contributed by atoms with Crippen molar-refractivity contribution in [1.82, 2.24) is 15.0 Å². The number of furan rings is 1. The molecule has 80 valence electrons. The summed E-state index contributed by atoms with van der Waals surface area (Å²) in [5, 5.41) is 8.95. The minimum Gasteiger partial charge on any atom is -0.452 e. The van der Waals surface area contributed by atoms with Crippen LogP contribution < -0.4 is 0 Å². The molecule has 4 nitrogen and oxygen atoms in total. The van der Waals surface area contributed by atoms with Crippen LogP contribution in [0.15, 0.2) is 27.4 Å². The van der Waals surface area contributed by atoms with Crippen LogP contribution in [-0.4, -0.2) is 20.3 Å². The highest BCUT2D eigenvalue weighted by Gasteiger charge is 2.03. The van der Waals surface area contributed by atoms with Crippen molar-refractivity contribution in [1.29, 1.82) is 0 Å². The zero-order valence-electron chi connectivity index (χ0n) is 7.86. The van der Waals surface area contributed by atoms with Crippen LogP contribution in [-0.2, 0) is 13.0 Å². The van der Waals surface area contributed by atoms with Crippen molar-refractivity contribution in [2.24, 2.45) is 0 Å². The first-order chi connectivity index (χ1) is 7.28. The van der Waals surface area contributed by atoms with Crippen LogP contribution in [0.25, 0.3) is 0 Å². The Morgan fingerprint density at radius 2 is 2.27 bits per heavy atom. The van der Waals surface area contributed by atoms with Crippen molar-refractivity contribution in [3.05, 3.63) is 34.5 Å². The van der Waals surface area contributed by atoms with Crippen molar-refractivity contribution in [2.75, 3.05) is 5.33 Å². The van der Waals surface area contributed by atoms with Gasteiger partial charge in [-0.25, -0.2) is 4.68 Å². The van der Waals surface area contributed by atoms with Crippen LogP contribution in [0.1, 0.15) is 11.5 Å². The summed E-state index contributed by atoms with van der Waals surface area (Å²) < 4.78 is 7.88. The summed E-state index contributed by atoms with van der Waals surface area (Å²) in [5.74, 6) is 0.858. The molecule has 0 aromatic carbocycles. The van der Waals surface area contributed by atoms with Gasteiger partial charge in [0.15, 0.2) is 4.67 Å². The van der Waals surface area contributed by atoms with Gasteiger partial charge in [0.25, 0.3) is 0 Å². The predicted octanol–water partition coefficient (Wildman–Crippen LogP) is 2.62. The first-order valence-electron chi connectivity index (χ1n) is 4.47. The van der Waals surface area contributed by atoms with Gasteiger partial charge < -0.3 is 4.42 Å². The maximum atomic E-state index is 5.38. The van der Waals surface area contributed by atoms with E-state index in [-0.39, 0.29) is 0 Å². The van der Waals surface area contributed by atoms with E-state index in [0.717, 1.165) is 27.9 Å². The van der Waals surface area contributed by atoms with E-state index in [1.165, 1.54) is 0 Å². The molecule has 0 amide bonds. The third-order valence-electron chi connectivity index (χ3n) is 1.88. The van der Waals surface area contributed by atoms with Crippen LogP contribution >= 0.6 is 31.9 Å². The maximum absolute atomic E-state index is 5.38. The molecule has 0 bridgehead atoms. The van der Waals surface area contributed by atoms with Crippen molar-refractivity contribution in [3.63, 3.8) is 0 Å². The molecule has 0 atom stereocenters. The monoisotopic (exact) mass is 333 g/mol. The van der Waals surface area contributed by atoms with E-state index < -0.39 is 0 Å². The quantitative estimate of drug-likeness (QED) is 0.807. The normalized spacial score (nSPS) is 10.8. The molecule has 0 saturated heterocycles. The van der Waals surface area contributed by atoms with E-state index in [0.29, 0.717) is 6.54 Å². The molecule has 2 aromatic rings. The topological polar surface area (TPSA) is 43.9 Å². The summed E-state index contributed by atoms with van der Waals surface area (Å²) in [5.41, 5.74) is 0.984. The van der Waals surface area contributed by atoms with Gasteiger partial charge in [-0.1, -0.05) is 21.1 Å². The third-order valence-corrected chi connectivity index (χ3v) is 2.71. The number of rotatable bonds is 4. The number of halogens is 2. The van der Waals surface area contributed by atoms with Crippen LogP contribution in [0.5, 0.6) is 0 Å². The fraction of sp³-hybridized carbons (Fsp3) is 0.333. The predicted molar refractivity (Wildman–Crippen MR) is 63.0 cm³/mol. The number of aromatic nitrogens is 3. The lowest BCUT2D eigenvalue weighted by molar-refractivity contribution is 0.459. The second-order valence-electron chi connectivity index (χ2n) is 3.05. The van der Waals surface area contributed by atoms with E-state index in [9.17, 15) is 0 Å². The molecule has 2 rings (SSSR count). The van der Waals surface area contributed by atoms with Crippen molar-refractivity contribution < 1.29 is 4.42 Å². The molecular weight excluding hydrogens is 326 g/mol. The Morgan fingerprint density at radius 3 is 2.93 bits per heavy atom. The summed E-state index contributed by atoms with van der Waals surface area (Å²) in [6.45, 7) is 0.612. The smallest absolute Gasteiger partial charge is 0.169 e. The molecule has 2 heterocycles. The van der Waals surface area contributed by atoms with E-state index in [1.54, 1.807) is 4.68 Å². The van der Waals surface area contributed by atoms with Gasteiger partial charge in [0.1, 0.15) is 12.3 Å². The average molecular weight is 335 g/mol. The lowest BCUT2D eigenvalue weighted by atomic mass is 10.4. The van der Waals surface area contributed by atoms with Crippen LogP contribution in [0, 0.1) is 0 Å². The van der Waals surface area contributed by atoms with Crippen LogP contribution in [0.4, 0.5) is 0 Å². The SMILES string of the molecule is BrCCc1cn(Cc2ccc(Br)o2)nn1. The fourth-order valence-corrected chi connectivity index (χ4v) is 1.97. The second kappa shape index (κ2) is 4.94. The molecule has 0 aliphatic carbocycles. The number of alkyl halides is 1. The summed E-state index contributed by atoms with van der Waals surface area (Å²) >= 11 is 6.62. The van der Waals surface area contributed by atoms with Gasteiger partial charge in [0.2, 0.25) is 0 Å². The highest BCUT2D eigenvalue weighted by Crippen LogP contribution is 2.14. The highest BCUT2D eigenvalue weighted by atomic mass is 79.9. The van der Waals surface area contributed by atoms with E-state index in [2.05, 4.69) is 42.2 Å². The van der Waals surface area contributed by atoms with Crippen LogP contribution in [0.3, 0.4) is 0 Å².